The molecule has 0 aromatic heterocycles. The minimum Gasteiger partial charge on any atom is -0.375 e. The second-order valence-corrected chi connectivity index (χ2v) is 12.0. The molecule has 3 aliphatic rings. The number of hydrogen-bond donors (Lipinski definition) is 2. The molecule has 240 valence electrons. The molecule has 11 nitrogen and oxygen atoms in total. The molecule has 4 amide bonds. The molecular formula is C33H41FN6O5. The number of primary amides is 1. The molecule has 0 atom stereocenters. The van der Waals surface area contributed by atoms with Crippen molar-refractivity contribution in [2.24, 2.45) is 5.73 Å². The second-order valence-electron chi connectivity index (χ2n) is 12.0. The molecule has 3 aliphatic heterocycles. The van der Waals surface area contributed by atoms with E-state index in [4.69, 9.17) is 15.9 Å². The predicted octanol–water partition coefficient (Wildman–Crippen LogP) is 1.92. The number of rotatable bonds is 10. The molecule has 3 heterocycles. The Bertz CT molecular complexity index is 1410. The lowest BCUT2D eigenvalue weighted by atomic mass is 9.96. The van der Waals surface area contributed by atoms with Crippen LogP contribution in [0.2, 0.25) is 0 Å². The SMILES string of the molecule is N=C(Cc1ccc(F)c(C(=O)N2CCN(C(=O)CN3CCC(OC4CCN(C=O)CC4)CC3)CC2)c1)c1ccccc1C(N)=O. The topological polar surface area (TPSA) is 140 Å². The lowest BCUT2D eigenvalue weighted by Crippen LogP contribution is -2.53. The van der Waals surface area contributed by atoms with Crippen LogP contribution >= 0.6 is 0 Å². The van der Waals surface area contributed by atoms with E-state index in [0.717, 1.165) is 58.3 Å². The van der Waals surface area contributed by atoms with Crippen LogP contribution in [-0.4, -0.2) is 121 Å². The molecule has 0 spiro atoms. The second kappa shape index (κ2) is 14.7. The van der Waals surface area contributed by atoms with E-state index in [1.54, 1.807) is 39.0 Å². The fourth-order valence-corrected chi connectivity index (χ4v) is 6.32. The summed E-state index contributed by atoms with van der Waals surface area (Å²) in [4.78, 5) is 56.3. The predicted molar refractivity (Wildman–Crippen MR) is 166 cm³/mol. The van der Waals surface area contributed by atoms with Crippen LogP contribution in [0, 0.1) is 11.2 Å². The van der Waals surface area contributed by atoms with Crippen LogP contribution in [0.25, 0.3) is 0 Å². The van der Waals surface area contributed by atoms with Crippen LogP contribution in [-0.2, 0) is 20.7 Å². The smallest absolute Gasteiger partial charge is 0.256 e. The van der Waals surface area contributed by atoms with Gasteiger partial charge < -0.3 is 30.6 Å². The molecule has 0 saturated carbocycles. The van der Waals surface area contributed by atoms with Crippen molar-refractivity contribution in [2.45, 2.75) is 44.3 Å². The van der Waals surface area contributed by atoms with E-state index in [1.165, 1.54) is 18.2 Å². The normalized spacial score (nSPS) is 18.6. The third-order valence-electron chi connectivity index (χ3n) is 8.98. The van der Waals surface area contributed by atoms with Gasteiger partial charge in [-0.3, -0.25) is 24.1 Å². The number of carbonyl (C=O) groups is 4. The highest BCUT2D eigenvalue weighted by molar-refractivity contribution is 6.09. The van der Waals surface area contributed by atoms with Crippen molar-refractivity contribution >= 4 is 29.8 Å². The van der Waals surface area contributed by atoms with Gasteiger partial charge in [-0.05, 0) is 49.4 Å². The van der Waals surface area contributed by atoms with Crippen LogP contribution in [0.15, 0.2) is 42.5 Å². The van der Waals surface area contributed by atoms with Gasteiger partial charge >= 0.3 is 0 Å². The van der Waals surface area contributed by atoms with Gasteiger partial charge in [-0.2, -0.15) is 0 Å². The van der Waals surface area contributed by atoms with Crippen molar-refractivity contribution in [2.75, 3.05) is 58.9 Å². The number of nitrogens with one attached hydrogen (secondary N) is 1. The fraction of sp³-hybridized carbons (Fsp3) is 0.485. The van der Waals surface area contributed by atoms with Gasteiger partial charge in [-0.1, -0.05) is 24.3 Å². The number of nitrogens with two attached hydrogens (primary N) is 1. The highest BCUT2D eigenvalue weighted by Gasteiger charge is 2.30. The highest BCUT2D eigenvalue weighted by atomic mass is 19.1. The van der Waals surface area contributed by atoms with Gasteiger partial charge in [0.1, 0.15) is 5.82 Å². The van der Waals surface area contributed by atoms with Gasteiger partial charge in [-0.15, -0.1) is 0 Å². The molecule has 12 heteroatoms. The summed E-state index contributed by atoms with van der Waals surface area (Å²) in [6.07, 6.45) is 4.81. The summed E-state index contributed by atoms with van der Waals surface area (Å²) in [6, 6.07) is 10.8. The number of benzene rings is 2. The zero-order valence-electron chi connectivity index (χ0n) is 25.5. The molecule has 3 N–H and O–H groups in total. The summed E-state index contributed by atoms with van der Waals surface area (Å²) in [5.74, 6) is -1.72. The van der Waals surface area contributed by atoms with Crippen molar-refractivity contribution in [1.29, 1.82) is 5.41 Å². The van der Waals surface area contributed by atoms with Crippen LogP contribution in [0.1, 0.15) is 57.5 Å². The van der Waals surface area contributed by atoms with Crippen LogP contribution in [0.4, 0.5) is 4.39 Å². The van der Waals surface area contributed by atoms with Gasteiger partial charge in [0, 0.05) is 75.6 Å². The monoisotopic (exact) mass is 620 g/mol. The van der Waals surface area contributed by atoms with Crippen molar-refractivity contribution in [3.8, 4) is 0 Å². The maximum absolute atomic E-state index is 14.8. The fourth-order valence-electron chi connectivity index (χ4n) is 6.32. The average Bonchev–Trinajstić information content (AvgIpc) is 3.06. The number of nitrogens with zero attached hydrogens (tertiary/aromatic N) is 4. The lowest BCUT2D eigenvalue weighted by molar-refractivity contribution is -0.135. The largest absolute Gasteiger partial charge is 0.375 e. The first-order valence-corrected chi connectivity index (χ1v) is 15.6. The number of ether oxygens (including phenoxy) is 1. The maximum Gasteiger partial charge on any atom is 0.256 e. The summed E-state index contributed by atoms with van der Waals surface area (Å²) in [5, 5.41) is 8.50. The molecular weight excluding hydrogens is 579 g/mol. The van der Waals surface area contributed by atoms with E-state index in [0.29, 0.717) is 43.9 Å². The molecule has 2 aromatic carbocycles. The molecule has 0 bridgehead atoms. The van der Waals surface area contributed by atoms with Crippen molar-refractivity contribution in [3.63, 3.8) is 0 Å². The molecule has 45 heavy (non-hydrogen) atoms. The Kier molecular flexibility index (Phi) is 10.6. The summed E-state index contributed by atoms with van der Waals surface area (Å²) >= 11 is 0. The van der Waals surface area contributed by atoms with E-state index in [-0.39, 0.29) is 41.4 Å². The molecule has 0 radical (unpaired) electrons. The molecule has 3 saturated heterocycles. The van der Waals surface area contributed by atoms with E-state index in [2.05, 4.69) is 4.90 Å². The van der Waals surface area contributed by atoms with Crippen LogP contribution in [0.3, 0.4) is 0 Å². The van der Waals surface area contributed by atoms with Gasteiger partial charge in [0.15, 0.2) is 0 Å². The Morgan fingerprint density at radius 3 is 2.07 bits per heavy atom. The molecule has 0 unspecified atom stereocenters. The van der Waals surface area contributed by atoms with Gasteiger partial charge in [0.25, 0.3) is 5.91 Å². The number of hydrogen-bond acceptors (Lipinski definition) is 7. The van der Waals surface area contributed by atoms with E-state index in [1.807, 2.05) is 0 Å². The number of amides is 4. The highest BCUT2D eigenvalue weighted by Crippen LogP contribution is 2.22. The van der Waals surface area contributed by atoms with Crippen LogP contribution < -0.4 is 5.73 Å². The van der Waals surface area contributed by atoms with E-state index >= 15 is 0 Å². The zero-order chi connectivity index (χ0) is 31.9. The lowest BCUT2D eigenvalue weighted by Gasteiger charge is -2.38. The number of piperazine rings is 1. The molecule has 2 aromatic rings. The minimum atomic E-state index is -0.648. The number of halogens is 1. The van der Waals surface area contributed by atoms with E-state index < -0.39 is 17.6 Å². The summed E-state index contributed by atoms with van der Waals surface area (Å²) in [7, 11) is 0. The summed E-state index contributed by atoms with van der Waals surface area (Å²) in [6.45, 7) is 4.71. The van der Waals surface area contributed by atoms with Crippen molar-refractivity contribution in [3.05, 3.63) is 70.5 Å². The van der Waals surface area contributed by atoms with Crippen molar-refractivity contribution in [1.82, 2.24) is 19.6 Å². The quantitative estimate of drug-likeness (QED) is 0.307. The zero-order valence-corrected chi connectivity index (χ0v) is 25.5. The average molecular weight is 621 g/mol. The van der Waals surface area contributed by atoms with Gasteiger partial charge in [0.05, 0.1) is 24.3 Å². The number of likely N-dealkylation sites (tertiary alicyclic amines) is 2. The Morgan fingerprint density at radius 2 is 1.44 bits per heavy atom. The number of piperidine rings is 2. The standard InChI is InChI=1S/C33H41FN6O5/c34-29-6-5-23(20-30(35)26-3-1-2-4-27(26)32(36)43)19-28(29)33(44)40-17-15-39(16-18-40)31(42)21-37-11-7-24(8-12-37)45-25-9-13-38(22-41)14-10-25/h1-6,19,22,24-25,35H,7-18,20-21H2,(H2,36,43). The Balaban J connectivity index is 1.08. The first-order chi connectivity index (χ1) is 21.7. The first-order valence-electron chi connectivity index (χ1n) is 15.6. The Hall–Kier alpha value is -4.16. The minimum absolute atomic E-state index is 0.0191. The summed E-state index contributed by atoms with van der Waals surface area (Å²) < 4.78 is 21.1. The van der Waals surface area contributed by atoms with Crippen molar-refractivity contribution < 1.29 is 28.3 Å². The van der Waals surface area contributed by atoms with E-state index in [9.17, 15) is 23.6 Å². The molecule has 3 fully saturated rings. The Morgan fingerprint density at radius 1 is 0.844 bits per heavy atom. The molecule has 0 aliphatic carbocycles. The third kappa shape index (κ3) is 8.12. The summed E-state index contributed by atoms with van der Waals surface area (Å²) in [5.41, 5.74) is 6.70. The maximum atomic E-state index is 14.8. The van der Waals surface area contributed by atoms with Crippen LogP contribution in [0.5, 0.6) is 0 Å². The number of carbonyl (C=O) groups excluding carboxylic acids is 4. The Labute approximate surface area is 262 Å². The van der Waals surface area contributed by atoms with Gasteiger partial charge in [-0.25, -0.2) is 4.39 Å². The molecule has 5 rings (SSSR count). The van der Waals surface area contributed by atoms with Gasteiger partial charge in [0.2, 0.25) is 18.2 Å². The third-order valence-corrected chi connectivity index (χ3v) is 8.98. The first kappa shape index (κ1) is 32.2.